The van der Waals surface area contributed by atoms with E-state index in [1.807, 2.05) is 6.20 Å². The van der Waals surface area contributed by atoms with Crippen molar-refractivity contribution >= 4 is 5.95 Å². The number of hydrogen-bond acceptors (Lipinski definition) is 6. The van der Waals surface area contributed by atoms with Gasteiger partial charge in [0.1, 0.15) is 11.4 Å². The molecule has 0 amide bonds. The number of rotatable bonds is 4. The highest BCUT2D eigenvalue weighted by Gasteiger charge is 2.29. The Kier molecular flexibility index (Phi) is 3.29. The summed E-state index contributed by atoms with van der Waals surface area (Å²) >= 11 is 0. The van der Waals surface area contributed by atoms with E-state index >= 15 is 0 Å². The van der Waals surface area contributed by atoms with Gasteiger partial charge in [-0.25, -0.2) is 14.6 Å². The zero-order valence-corrected chi connectivity index (χ0v) is 12.7. The van der Waals surface area contributed by atoms with E-state index in [0.717, 1.165) is 48.8 Å². The lowest BCUT2D eigenvalue weighted by atomic mass is 10.1. The molecule has 3 heterocycles. The van der Waals surface area contributed by atoms with Gasteiger partial charge in [0.25, 0.3) is 0 Å². The molecule has 1 atom stereocenters. The second-order valence-corrected chi connectivity index (χ2v) is 6.07. The van der Waals surface area contributed by atoms with Crippen molar-refractivity contribution in [3.05, 3.63) is 17.5 Å². The van der Waals surface area contributed by atoms with Crippen LogP contribution in [0.15, 0.2) is 6.20 Å². The largest absolute Gasteiger partial charge is 0.394 e. The number of aliphatic hydroxyl groups is 1. The van der Waals surface area contributed by atoms with Crippen LogP contribution in [0.3, 0.4) is 0 Å². The molecule has 2 aromatic rings. The van der Waals surface area contributed by atoms with E-state index in [-0.39, 0.29) is 6.61 Å². The SMILES string of the molecule is C[C@H]1CCN1c1nc2c(c(-c3cn(CCO)nn3)n1)CCC2. The monoisotopic (exact) mass is 300 g/mol. The highest BCUT2D eigenvalue weighted by Crippen LogP contribution is 2.32. The van der Waals surface area contributed by atoms with Crippen molar-refractivity contribution in [2.24, 2.45) is 0 Å². The van der Waals surface area contributed by atoms with Crippen LogP contribution in [0.25, 0.3) is 11.4 Å². The number of aryl methyl sites for hydroxylation is 1. The highest BCUT2D eigenvalue weighted by molar-refractivity contribution is 5.62. The van der Waals surface area contributed by atoms with Crippen molar-refractivity contribution in [2.75, 3.05) is 18.1 Å². The molecule has 116 valence electrons. The van der Waals surface area contributed by atoms with E-state index in [0.29, 0.717) is 12.6 Å². The Balaban J connectivity index is 1.76. The Morgan fingerprint density at radius 2 is 2.23 bits per heavy atom. The van der Waals surface area contributed by atoms with Gasteiger partial charge >= 0.3 is 0 Å². The van der Waals surface area contributed by atoms with Gasteiger partial charge in [0, 0.05) is 23.8 Å². The molecule has 0 aromatic carbocycles. The number of fused-ring (bicyclic) bond motifs is 1. The quantitative estimate of drug-likeness (QED) is 0.900. The van der Waals surface area contributed by atoms with Crippen molar-refractivity contribution in [1.82, 2.24) is 25.0 Å². The van der Waals surface area contributed by atoms with Crippen molar-refractivity contribution in [2.45, 2.75) is 45.2 Å². The van der Waals surface area contributed by atoms with E-state index in [1.165, 1.54) is 12.0 Å². The molecule has 0 bridgehead atoms. The van der Waals surface area contributed by atoms with E-state index in [2.05, 4.69) is 22.1 Å². The van der Waals surface area contributed by atoms with E-state index in [4.69, 9.17) is 15.1 Å². The number of aromatic nitrogens is 5. The zero-order valence-electron chi connectivity index (χ0n) is 12.7. The standard InChI is InChI=1S/C15H20N6O/c1-10-5-6-21(10)15-16-12-4-2-3-11(12)14(17-15)13-9-20(7-8-22)19-18-13/h9-10,22H,2-8H2,1H3/t10-/m0/s1. The molecule has 0 spiro atoms. The van der Waals surface area contributed by atoms with E-state index < -0.39 is 0 Å². The maximum Gasteiger partial charge on any atom is 0.226 e. The van der Waals surface area contributed by atoms with Crippen molar-refractivity contribution in [3.63, 3.8) is 0 Å². The molecule has 1 saturated heterocycles. The van der Waals surface area contributed by atoms with Crippen molar-refractivity contribution in [3.8, 4) is 11.4 Å². The summed E-state index contributed by atoms with van der Waals surface area (Å²) in [6.45, 7) is 3.74. The third-order valence-corrected chi connectivity index (χ3v) is 4.61. The lowest BCUT2D eigenvalue weighted by Gasteiger charge is -2.39. The molecule has 4 rings (SSSR count). The molecule has 2 aromatic heterocycles. The summed E-state index contributed by atoms with van der Waals surface area (Å²) in [5, 5.41) is 17.3. The van der Waals surface area contributed by atoms with Gasteiger partial charge in [0.05, 0.1) is 19.3 Å². The van der Waals surface area contributed by atoms with Crippen molar-refractivity contribution < 1.29 is 5.11 Å². The minimum absolute atomic E-state index is 0.0568. The van der Waals surface area contributed by atoms with Crippen LogP contribution in [0.2, 0.25) is 0 Å². The fourth-order valence-corrected chi connectivity index (χ4v) is 3.19. The number of hydrogen-bond donors (Lipinski definition) is 1. The molecular formula is C15H20N6O. The summed E-state index contributed by atoms with van der Waals surface area (Å²) in [5.41, 5.74) is 4.08. The Morgan fingerprint density at radius 3 is 2.95 bits per heavy atom. The van der Waals surface area contributed by atoms with Crippen LogP contribution in [0.1, 0.15) is 31.0 Å². The van der Waals surface area contributed by atoms with Crippen LogP contribution in [0.5, 0.6) is 0 Å². The third kappa shape index (κ3) is 2.16. The van der Waals surface area contributed by atoms with Crippen LogP contribution < -0.4 is 4.90 Å². The van der Waals surface area contributed by atoms with Gasteiger partial charge in [-0.2, -0.15) is 0 Å². The summed E-state index contributed by atoms with van der Waals surface area (Å²) in [5.74, 6) is 0.825. The van der Waals surface area contributed by atoms with Gasteiger partial charge in [-0.1, -0.05) is 5.21 Å². The molecular weight excluding hydrogens is 280 g/mol. The van der Waals surface area contributed by atoms with Gasteiger partial charge in [-0.05, 0) is 32.6 Å². The molecule has 7 heteroatoms. The molecule has 1 N–H and O–H groups in total. The summed E-state index contributed by atoms with van der Waals surface area (Å²) < 4.78 is 1.66. The van der Waals surface area contributed by atoms with Gasteiger partial charge in [0.15, 0.2) is 0 Å². The first kappa shape index (κ1) is 13.6. The average Bonchev–Trinajstić information content (AvgIpc) is 3.14. The molecule has 22 heavy (non-hydrogen) atoms. The molecule has 7 nitrogen and oxygen atoms in total. The lowest BCUT2D eigenvalue weighted by molar-refractivity contribution is 0.268. The van der Waals surface area contributed by atoms with E-state index in [9.17, 15) is 0 Å². The van der Waals surface area contributed by atoms with Gasteiger partial charge in [-0.15, -0.1) is 5.10 Å². The molecule has 0 unspecified atom stereocenters. The smallest absolute Gasteiger partial charge is 0.226 e. The Bertz CT molecular complexity index is 697. The summed E-state index contributed by atoms with van der Waals surface area (Å²) in [7, 11) is 0. The normalized spacial score (nSPS) is 20.1. The topological polar surface area (TPSA) is 80.0 Å². The minimum atomic E-state index is 0.0568. The Hall–Kier alpha value is -2.02. The summed E-state index contributed by atoms with van der Waals surface area (Å²) in [6, 6.07) is 0.511. The zero-order chi connectivity index (χ0) is 15.1. The predicted molar refractivity (Wildman–Crippen MR) is 81.6 cm³/mol. The molecule has 0 radical (unpaired) electrons. The molecule has 1 aliphatic heterocycles. The van der Waals surface area contributed by atoms with Crippen LogP contribution in [-0.4, -0.2) is 49.3 Å². The Labute approximate surface area is 129 Å². The van der Waals surface area contributed by atoms with Crippen LogP contribution in [0.4, 0.5) is 5.95 Å². The lowest BCUT2D eigenvalue weighted by Crippen LogP contribution is -2.46. The number of nitrogens with zero attached hydrogens (tertiary/aromatic N) is 6. The van der Waals surface area contributed by atoms with Crippen LogP contribution in [-0.2, 0) is 19.4 Å². The van der Waals surface area contributed by atoms with Gasteiger partial charge < -0.3 is 10.0 Å². The van der Waals surface area contributed by atoms with Crippen LogP contribution >= 0.6 is 0 Å². The van der Waals surface area contributed by atoms with Gasteiger partial charge in [-0.3, -0.25) is 0 Å². The fourth-order valence-electron chi connectivity index (χ4n) is 3.19. The van der Waals surface area contributed by atoms with E-state index in [1.54, 1.807) is 4.68 Å². The Morgan fingerprint density at radius 1 is 1.32 bits per heavy atom. The molecule has 2 aliphatic rings. The maximum absolute atomic E-state index is 9.02. The molecule has 0 saturated carbocycles. The summed E-state index contributed by atoms with van der Waals surface area (Å²) in [6.07, 6.45) is 6.21. The summed E-state index contributed by atoms with van der Waals surface area (Å²) in [4.78, 5) is 11.8. The number of anilines is 1. The maximum atomic E-state index is 9.02. The van der Waals surface area contributed by atoms with Gasteiger partial charge in [0.2, 0.25) is 5.95 Å². The first-order chi connectivity index (χ1) is 10.8. The predicted octanol–water partition coefficient (Wildman–Crippen LogP) is 0.815. The second kappa shape index (κ2) is 5.31. The second-order valence-electron chi connectivity index (χ2n) is 6.07. The fraction of sp³-hybridized carbons (Fsp3) is 0.600. The highest BCUT2D eigenvalue weighted by atomic mass is 16.3. The minimum Gasteiger partial charge on any atom is -0.394 e. The molecule has 1 fully saturated rings. The van der Waals surface area contributed by atoms with Crippen molar-refractivity contribution in [1.29, 1.82) is 0 Å². The third-order valence-electron chi connectivity index (χ3n) is 4.61. The first-order valence-corrected chi connectivity index (χ1v) is 7.94. The van der Waals surface area contributed by atoms with Crippen LogP contribution in [0, 0.1) is 0 Å². The molecule has 1 aliphatic carbocycles. The number of aliphatic hydroxyl groups excluding tert-OH is 1. The first-order valence-electron chi connectivity index (χ1n) is 7.94. The average molecular weight is 300 g/mol.